The summed E-state index contributed by atoms with van der Waals surface area (Å²) in [7, 11) is 0. The van der Waals surface area contributed by atoms with E-state index in [-0.39, 0.29) is 5.75 Å². The lowest BCUT2D eigenvalue weighted by atomic mass is 9.63. The van der Waals surface area contributed by atoms with E-state index in [2.05, 4.69) is 0 Å². The van der Waals surface area contributed by atoms with Gasteiger partial charge in [0.2, 0.25) is 0 Å². The van der Waals surface area contributed by atoms with Crippen molar-refractivity contribution in [2.24, 2.45) is 0 Å². The Hall–Kier alpha value is -1.45. The third-order valence-corrected chi connectivity index (χ3v) is 2.82. The highest BCUT2D eigenvalue weighted by molar-refractivity contribution is 5.71. The van der Waals surface area contributed by atoms with Crippen LogP contribution in [0.25, 0.3) is 0 Å². The van der Waals surface area contributed by atoms with Gasteiger partial charge in [0, 0.05) is 12.8 Å². The number of hydrogen-bond acceptors (Lipinski definition) is 2. The molecule has 2 rings (SSSR count). The van der Waals surface area contributed by atoms with Crippen molar-refractivity contribution in [2.45, 2.75) is 24.2 Å². The van der Waals surface area contributed by atoms with Crippen molar-refractivity contribution in [3.8, 4) is 5.75 Å². The van der Waals surface area contributed by atoms with Gasteiger partial charge in [-0.05, 0) is 17.7 Å². The molecule has 0 aliphatic heterocycles. The molecule has 1 aliphatic rings. The third-order valence-electron chi connectivity index (χ3n) is 2.82. The average Bonchev–Trinajstić information content (AvgIpc) is 2.14. The first kappa shape index (κ1) is 10.1. The Morgan fingerprint density at radius 2 is 1.73 bits per heavy atom. The number of carbonyl (C=O) groups is 1. The lowest BCUT2D eigenvalue weighted by Gasteiger charge is -2.43. The Kier molecular flexibility index (Phi) is 2.03. The van der Waals surface area contributed by atoms with Gasteiger partial charge >= 0.3 is 0 Å². The summed E-state index contributed by atoms with van der Waals surface area (Å²) in [6, 6.07) is 5.83. The number of halogens is 2. The second kappa shape index (κ2) is 3.02. The fraction of sp³-hybridized carbons (Fsp3) is 0.364. The van der Waals surface area contributed by atoms with Crippen LogP contribution in [0, 0.1) is 0 Å². The molecule has 0 saturated heterocycles. The van der Waals surface area contributed by atoms with E-state index >= 15 is 0 Å². The zero-order chi connectivity index (χ0) is 11.1. The Morgan fingerprint density at radius 3 is 2.13 bits per heavy atom. The van der Waals surface area contributed by atoms with Gasteiger partial charge in [0.05, 0.1) is 5.41 Å². The summed E-state index contributed by atoms with van der Waals surface area (Å²) in [6.07, 6.45) is -0.292. The van der Waals surface area contributed by atoms with Gasteiger partial charge in [0.15, 0.2) is 0 Å². The maximum absolute atomic E-state index is 12.8. The molecule has 80 valence electrons. The van der Waals surface area contributed by atoms with Crippen LogP contribution in [0.1, 0.15) is 18.4 Å². The van der Waals surface area contributed by atoms with Crippen LogP contribution in [0.15, 0.2) is 24.3 Å². The van der Waals surface area contributed by atoms with Crippen molar-refractivity contribution in [3.63, 3.8) is 0 Å². The first-order chi connectivity index (χ1) is 6.97. The summed E-state index contributed by atoms with van der Waals surface area (Å²) in [5, 5.41) is 9.05. The van der Waals surface area contributed by atoms with Crippen molar-refractivity contribution >= 4 is 6.29 Å². The lowest BCUT2D eigenvalue weighted by Crippen LogP contribution is -2.50. The van der Waals surface area contributed by atoms with Crippen LogP contribution in [0.4, 0.5) is 8.78 Å². The molecule has 1 aromatic rings. The standard InChI is InChI=1S/C11H10F2O2/c12-11(13)5-10(6-11,7-14)8-1-3-9(15)4-2-8/h1-4,7,15H,5-6H2. The fourth-order valence-electron chi connectivity index (χ4n) is 2.02. The number of phenolic OH excluding ortho intramolecular Hbond substituents is 1. The third kappa shape index (κ3) is 1.60. The Bertz CT molecular complexity index is 376. The van der Waals surface area contributed by atoms with Gasteiger partial charge in [-0.1, -0.05) is 12.1 Å². The largest absolute Gasteiger partial charge is 0.508 e. The molecule has 1 saturated carbocycles. The quantitative estimate of drug-likeness (QED) is 0.763. The first-order valence-corrected chi connectivity index (χ1v) is 4.61. The maximum Gasteiger partial charge on any atom is 0.250 e. The second-order valence-electron chi connectivity index (χ2n) is 4.03. The van der Waals surface area contributed by atoms with Crippen LogP contribution in [0.3, 0.4) is 0 Å². The molecule has 1 N–H and O–H groups in total. The molecule has 1 aromatic carbocycles. The summed E-state index contributed by atoms with van der Waals surface area (Å²) >= 11 is 0. The van der Waals surface area contributed by atoms with Crippen LogP contribution < -0.4 is 0 Å². The predicted molar refractivity (Wildman–Crippen MR) is 50.0 cm³/mol. The Balaban J connectivity index is 2.29. The van der Waals surface area contributed by atoms with Crippen LogP contribution >= 0.6 is 0 Å². The summed E-state index contributed by atoms with van der Waals surface area (Å²) in [5.74, 6) is -2.68. The van der Waals surface area contributed by atoms with Crippen molar-refractivity contribution < 1.29 is 18.7 Å². The van der Waals surface area contributed by atoms with Crippen molar-refractivity contribution in [1.29, 1.82) is 0 Å². The van der Waals surface area contributed by atoms with Gasteiger partial charge in [-0.15, -0.1) is 0 Å². The Morgan fingerprint density at radius 1 is 1.20 bits per heavy atom. The van der Waals surface area contributed by atoms with Gasteiger partial charge in [-0.2, -0.15) is 0 Å². The number of alkyl halides is 2. The van der Waals surface area contributed by atoms with Crippen LogP contribution in [-0.2, 0) is 10.2 Å². The minimum Gasteiger partial charge on any atom is -0.508 e. The smallest absolute Gasteiger partial charge is 0.250 e. The topological polar surface area (TPSA) is 37.3 Å². The van der Waals surface area contributed by atoms with E-state index in [1.807, 2.05) is 0 Å². The SMILES string of the molecule is O=CC1(c2ccc(O)cc2)CC(F)(F)C1. The summed E-state index contributed by atoms with van der Waals surface area (Å²) in [6.45, 7) is 0. The number of phenols is 1. The van der Waals surface area contributed by atoms with Gasteiger partial charge in [0.1, 0.15) is 12.0 Å². The minimum absolute atomic E-state index is 0.0610. The number of benzene rings is 1. The molecular formula is C11H10F2O2. The molecule has 0 amide bonds. The molecule has 1 fully saturated rings. The van der Waals surface area contributed by atoms with E-state index < -0.39 is 24.2 Å². The van der Waals surface area contributed by atoms with Crippen LogP contribution in [0.2, 0.25) is 0 Å². The molecule has 0 bridgehead atoms. The van der Waals surface area contributed by atoms with Gasteiger partial charge in [0.25, 0.3) is 5.92 Å². The van der Waals surface area contributed by atoms with E-state index in [0.717, 1.165) is 0 Å². The molecule has 0 atom stereocenters. The van der Waals surface area contributed by atoms with E-state index in [9.17, 15) is 13.6 Å². The number of carbonyl (C=O) groups excluding carboxylic acids is 1. The molecular weight excluding hydrogens is 202 g/mol. The highest BCUT2D eigenvalue weighted by Gasteiger charge is 2.57. The minimum atomic E-state index is -2.74. The van der Waals surface area contributed by atoms with Crippen molar-refractivity contribution in [1.82, 2.24) is 0 Å². The molecule has 0 spiro atoms. The fourth-order valence-corrected chi connectivity index (χ4v) is 2.02. The molecule has 2 nitrogen and oxygen atoms in total. The second-order valence-corrected chi connectivity index (χ2v) is 4.03. The zero-order valence-corrected chi connectivity index (χ0v) is 7.91. The molecule has 4 heteroatoms. The van der Waals surface area contributed by atoms with E-state index in [1.54, 1.807) is 0 Å². The van der Waals surface area contributed by atoms with E-state index in [1.165, 1.54) is 24.3 Å². The van der Waals surface area contributed by atoms with Gasteiger partial charge in [-0.3, -0.25) is 0 Å². The number of hydrogen-bond donors (Lipinski definition) is 1. The monoisotopic (exact) mass is 212 g/mol. The van der Waals surface area contributed by atoms with Gasteiger partial charge < -0.3 is 9.90 Å². The predicted octanol–water partition coefficient (Wildman–Crippen LogP) is 2.26. The average molecular weight is 212 g/mol. The highest BCUT2D eigenvalue weighted by Crippen LogP contribution is 2.52. The highest BCUT2D eigenvalue weighted by atomic mass is 19.3. The maximum atomic E-state index is 12.8. The zero-order valence-electron chi connectivity index (χ0n) is 7.91. The molecule has 0 radical (unpaired) electrons. The van der Waals surface area contributed by atoms with E-state index in [4.69, 9.17) is 5.11 Å². The molecule has 0 aromatic heterocycles. The van der Waals surface area contributed by atoms with Gasteiger partial charge in [-0.25, -0.2) is 8.78 Å². The number of aromatic hydroxyl groups is 1. The number of aldehydes is 1. The van der Waals surface area contributed by atoms with E-state index in [0.29, 0.717) is 11.8 Å². The lowest BCUT2D eigenvalue weighted by molar-refractivity contribution is -0.146. The summed E-state index contributed by atoms with van der Waals surface area (Å²) in [5.41, 5.74) is -0.516. The molecule has 1 aliphatic carbocycles. The van der Waals surface area contributed by atoms with Crippen LogP contribution in [0.5, 0.6) is 5.75 Å². The van der Waals surface area contributed by atoms with Crippen LogP contribution in [-0.4, -0.2) is 17.3 Å². The molecule has 15 heavy (non-hydrogen) atoms. The molecule has 0 heterocycles. The van der Waals surface area contributed by atoms with Crippen molar-refractivity contribution in [2.75, 3.05) is 0 Å². The summed E-state index contributed by atoms with van der Waals surface area (Å²) < 4.78 is 25.6. The summed E-state index contributed by atoms with van der Waals surface area (Å²) in [4.78, 5) is 10.9. The normalized spacial score (nSPS) is 21.7. The molecule has 0 unspecified atom stereocenters. The van der Waals surface area contributed by atoms with Crippen molar-refractivity contribution in [3.05, 3.63) is 29.8 Å². The Labute approximate surface area is 85.5 Å². The first-order valence-electron chi connectivity index (χ1n) is 4.61. The number of rotatable bonds is 2.